The smallest absolute Gasteiger partial charge is 0.0542 e. The molecule has 0 heterocycles. The van der Waals surface area contributed by atoms with Crippen molar-refractivity contribution in [3.8, 4) is 0 Å². The maximum absolute atomic E-state index is 9.89. The number of aliphatic hydroxyl groups excluding tert-OH is 1. The molecule has 0 rings (SSSR count). The average molecular weight is 228 g/mol. The fourth-order valence-electron chi connectivity index (χ4n) is 2.47. The topological polar surface area (TPSA) is 20.2 Å². The lowest BCUT2D eigenvalue weighted by Gasteiger charge is -2.18. The SMILES string of the molecule is CCCCCCCC(O)CC(C)CC(C)C. The van der Waals surface area contributed by atoms with E-state index in [0.717, 1.165) is 18.8 Å². The van der Waals surface area contributed by atoms with Gasteiger partial charge in [-0.25, -0.2) is 0 Å². The van der Waals surface area contributed by atoms with Crippen LogP contribution in [0.15, 0.2) is 0 Å². The average Bonchev–Trinajstić information content (AvgIpc) is 2.15. The number of unbranched alkanes of at least 4 members (excludes halogenated alkanes) is 4. The largest absolute Gasteiger partial charge is 0.393 e. The summed E-state index contributed by atoms with van der Waals surface area (Å²) in [5.74, 6) is 1.43. The Balaban J connectivity index is 3.39. The van der Waals surface area contributed by atoms with Crippen LogP contribution in [0, 0.1) is 11.8 Å². The van der Waals surface area contributed by atoms with Crippen LogP contribution >= 0.6 is 0 Å². The van der Waals surface area contributed by atoms with Crippen LogP contribution in [0.5, 0.6) is 0 Å². The first kappa shape index (κ1) is 16.0. The van der Waals surface area contributed by atoms with E-state index >= 15 is 0 Å². The van der Waals surface area contributed by atoms with E-state index in [9.17, 15) is 5.11 Å². The van der Waals surface area contributed by atoms with Crippen LogP contribution < -0.4 is 0 Å². The number of rotatable bonds is 10. The zero-order valence-electron chi connectivity index (χ0n) is 11.8. The highest BCUT2D eigenvalue weighted by Crippen LogP contribution is 2.19. The molecule has 0 aliphatic rings. The molecule has 16 heavy (non-hydrogen) atoms. The van der Waals surface area contributed by atoms with Crippen molar-refractivity contribution in [1.82, 2.24) is 0 Å². The van der Waals surface area contributed by atoms with Gasteiger partial charge >= 0.3 is 0 Å². The molecule has 0 radical (unpaired) electrons. The molecule has 2 unspecified atom stereocenters. The Hall–Kier alpha value is -0.0400. The van der Waals surface area contributed by atoms with Crippen LogP contribution in [0.2, 0.25) is 0 Å². The van der Waals surface area contributed by atoms with Gasteiger partial charge in [0.25, 0.3) is 0 Å². The Morgan fingerprint density at radius 1 is 0.875 bits per heavy atom. The molecule has 0 aromatic rings. The molecule has 0 saturated heterocycles. The van der Waals surface area contributed by atoms with Crippen molar-refractivity contribution in [1.29, 1.82) is 0 Å². The molecule has 0 saturated carbocycles. The van der Waals surface area contributed by atoms with Crippen LogP contribution in [-0.2, 0) is 0 Å². The molecule has 1 heteroatoms. The normalized spacial score (nSPS) is 15.4. The molecule has 1 nitrogen and oxygen atoms in total. The highest BCUT2D eigenvalue weighted by Gasteiger charge is 2.11. The van der Waals surface area contributed by atoms with E-state index in [-0.39, 0.29) is 6.10 Å². The minimum atomic E-state index is -0.0598. The molecule has 98 valence electrons. The van der Waals surface area contributed by atoms with Crippen LogP contribution in [-0.4, -0.2) is 11.2 Å². The lowest BCUT2D eigenvalue weighted by molar-refractivity contribution is 0.128. The van der Waals surface area contributed by atoms with E-state index in [2.05, 4.69) is 27.7 Å². The van der Waals surface area contributed by atoms with Gasteiger partial charge in [-0.05, 0) is 31.1 Å². The second kappa shape index (κ2) is 10.1. The Labute approximate surface area is 103 Å². The highest BCUT2D eigenvalue weighted by atomic mass is 16.3. The van der Waals surface area contributed by atoms with Gasteiger partial charge in [0, 0.05) is 0 Å². The van der Waals surface area contributed by atoms with E-state index in [4.69, 9.17) is 0 Å². The van der Waals surface area contributed by atoms with Gasteiger partial charge in [0.1, 0.15) is 0 Å². The fraction of sp³-hybridized carbons (Fsp3) is 1.00. The van der Waals surface area contributed by atoms with Crippen LogP contribution in [0.1, 0.15) is 79.1 Å². The van der Waals surface area contributed by atoms with Gasteiger partial charge in [-0.3, -0.25) is 0 Å². The summed E-state index contributed by atoms with van der Waals surface area (Å²) in [7, 11) is 0. The molecule has 0 aliphatic heterocycles. The third kappa shape index (κ3) is 10.5. The predicted octanol–water partition coefficient (Wildman–Crippen LogP) is 4.78. The summed E-state index contributed by atoms with van der Waals surface area (Å²) in [6.07, 6.45) is 9.66. The van der Waals surface area contributed by atoms with Gasteiger partial charge in [-0.15, -0.1) is 0 Å². The van der Waals surface area contributed by atoms with Gasteiger partial charge in [-0.1, -0.05) is 59.8 Å². The van der Waals surface area contributed by atoms with Crippen molar-refractivity contribution in [2.75, 3.05) is 0 Å². The molecule has 1 N–H and O–H groups in total. The predicted molar refractivity (Wildman–Crippen MR) is 72.6 cm³/mol. The van der Waals surface area contributed by atoms with Gasteiger partial charge in [0.15, 0.2) is 0 Å². The van der Waals surface area contributed by atoms with Gasteiger partial charge in [-0.2, -0.15) is 0 Å². The fourth-order valence-corrected chi connectivity index (χ4v) is 2.47. The first-order chi connectivity index (χ1) is 7.56. The van der Waals surface area contributed by atoms with Gasteiger partial charge in [0.2, 0.25) is 0 Å². The second-order valence-electron chi connectivity index (χ2n) is 5.83. The maximum Gasteiger partial charge on any atom is 0.0542 e. The molecule has 2 atom stereocenters. The van der Waals surface area contributed by atoms with E-state index in [0.29, 0.717) is 5.92 Å². The summed E-state index contributed by atoms with van der Waals surface area (Å²) in [6.45, 7) is 9.02. The summed E-state index contributed by atoms with van der Waals surface area (Å²) in [5, 5.41) is 9.89. The molecule has 0 bridgehead atoms. The quantitative estimate of drug-likeness (QED) is 0.533. The molecule has 0 amide bonds. The molecule has 0 spiro atoms. The van der Waals surface area contributed by atoms with Gasteiger partial charge < -0.3 is 5.11 Å². The van der Waals surface area contributed by atoms with E-state index in [1.807, 2.05) is 0 Å². The van der Waals surface area contributed by atoms with E-state index < -0.39 is 0 Å². The molecular formula is C15H32O. The number of hydrogen-bond donors (Lipinski definition) is 1. The Morgan fingerprint density at radius 2 is 1.50 bits per heavy atom. The number of aliphatic hydroxyl groups is 1. The Morgan fingerprint density at radius 3 is 2.06 bits per heavy atom. The van der Waals surface area contributed by atoms with Crippen molar-refractivity contribution in [3.05, 3.63) is 0 Å². The second-order valence-corrected chi connectivity index (χ2v) is 5.83. The van der Waals surface area contributed by atoms with E-state index in [1.165, 1.54) is 38.5 Å². The summed E-state index contributed by atoms with van der Waals surface area (Å²) in [6, 6.07) is 0. The van der Waals surface area contributed by atoms with Crippen molar-refractivity contribution in [2.24, 2.45) is 11.8 Å². The highest BCUT2D eigenvalue weighted by molar-refractivity contribution is 4.63. The molecule has 0 fully saturated rings. The summed E-state index contributed by atoms with van der Waals surface area (Å²) in [4.78, 5) is 0. The molecule has 0 aliphatic carbocycles. The Kier molecular flexibility index (Phi) is 10.1. The third-order valence-electron chi connectivity index (χ3n) is 3.19. The molecule has 0 aromatic carbocycles. The summed E-state index contributed by atoms with van der Waals surface area (Å²) in [5.41, 5.74) is 0. The van der Waals surface area contributed by atoms with Gasteiger partial charge in [0.05, 0.1) is 6.10 Å². The van der Waals surface area contributed by atoms with Crippen molar-refractivity contribution in [3.63, 3.8) is 0 Å². The molecule has 0 aromatic heterocycles. The third-order valence-corrected chi connectivity index (χ3v) is 3.19. The minimum absolute atomic E-state index is 0.0598. The van der Waals surface area contributed by atoms with Crippen LogP contribution in [0.4, 0.5) is 0 Å². The lowest BCUT2D eigenvalue weighted by atomic mass is 9.92. The first-order valence-corrected chi connectivity index (χ1v) is 7.24. The maximum atomic E-state index is 9.89. The zero-order valence-corrected chi connectivity index (χ0v) is 11.8. The summed E-state index contributed by atoms with van der Waals surface area (Å²) < 4.78 is 0. The summed E-state index contributed by atoms with van der Waals surface area (Å²) >= 11 is 0. The number of hydrogen-bond acceptors (Lipinski definition) is 1. The van der Waals surface area contributed by atoms with Crippen molar-refractivity contribution < 1.29 is 5.11 Å². The minimum Gasteiger partial charge on any atom is -0.393 e. The van der Waals surface area contributed by atoms with Crippen molar-refractivity contribution in [2.45, 2.75) is 85.2 Å². The first-order valence-electron chi connectivity index (χ1n) is 7.24. The zero-order chi connectivity index (χ0) is 12.4. The molecular weight excluding hydrogens is 196 g/mol. The lowest BCUT2D eigenvalue weighted by Crippen LogP contribution is -2.13. The monoisotopic (exact) mass is 228 g/mol. The van der Waals surface area contributed by atoms with Crippen LogP contribution in [0.25, 0.3) is 0 Å². The standard InChI is InChI=1S/C15H32O/c1-5-6-7-8-9-10-15(16)12-14(4)11-13(2)3/h13-16H,5-12H2,1-4H3. The van der Waals surface area contributed by atoms with E-state index in [1.54, 1.807) is 0 Å². The Bertz CT molecular complexity index is 142. The van der Waals surface area contributed by atoms with Crippen molar-refractivity contribution >= 4 is 0 Å². The van der Waals surface area contributed by atoms with Crippen LogP contribution in [0.3, 0.4) is 0 Å².